The second-order valence-electron chi connectivity index (χ2n) is 11.7. The Morgan fingerprint density at radius 1 is 0.962 bits per heavy atom. The van der Waals surface area contributed by atoms with E-state index in [4.69, 9.17) is 0 Å². The summed E-state index contributed by atoms with van der Waals surface area (Å²) < 4.78 is 0. The highest BCUT2D eigenvalue weighted by Gasteiger charge is 2.80. The molecule has 0 heterocycles. The van der Waals surface area contributed by atoms with Crippen molar-refractivity contribution >= 4 is 5.78 Å². The summed E-state index contributed by atoms with van der Waals surface area (Å²) in [6.45, 7) is 7.83. The second-order valence-corrected chi connectivity index (χ2v) is 11.7. The molecule has 0 aliphatic heterocycles. The lowest BCUT2D eigenvalue weighted by Crippen LogP contribution is -2.56. The number of carbonyl (C=O) groups excluding carboxylic acids is 1. The third kappa shape index (κ3) is 1.82. The minimum atomic E-state index is 0.508. The quantitative estimate of drug-likeness (QED) is 0.667. The van der Waals surface area contributed by atoms with Gasteiger partial charge in [0, 0.05) is 18.9 Å². The first-order valence-corrected chi connectivity index (χ1v) is 11.4. The summed E-state index contributed by atoms with van der Waals surface area (Å²) in [6.07, 6.45) is 13.0. The lowest BCUT2D eigenvalue weighted by atomic mass is 9.43. The highest BCUT2D eigenvalue weighted by atomic mass is 16.1. The molecule has 2 spiro atoms. The van der Waals surface area contributed by atoms with Crippen molar-refractivity contribution in [1.82, 2.24) is 4.90 Å². The van der Waals surface area contributed by atoms with Crippen LogP contribution in [0.15, 0.2) is 0 Å². The largest absolute Gasteiger partial charge is 0.306 e. The van der Waals surface area contributed by atoms with Gasteiger partial charge in [0.15, 0.2) is 0 Å². The molecule has 26 heavy (non-hydrogen) atoms. The number of Topliss-reactive ketones (excluding diaryl/α,β-unsaturated/α-hetero) is 1. The molecule has 2 nitrogen and oxygen atoms in total. The summed E-state index contributed by atoms with van der Waals surface area (Å²) >= 11 is 0. The molecule has 5 saturated carbocycles. The van der Waals surface area contributed by atoms with Gasteiger partial charge in [-0.2, -0.15) is 0 Å². The molecule has 5 rings (SSSR count). The summed E-state index contributed by atoms with van der Waals surface area (Å²) in [7, 11) is 4.54. The highest BCUT2D eigenvalue weighted by molar-refractivity contribution is 5.80. The van der Waals surface area contributed by atoms with Crippen molar-refractivity contribution in [2.75, 3.05) is 14.1 Å². The van der Waals surface area contributed by atoms with Crippen LogP contribution in [0.1, 0.15) is 85.0 Å². The molecular formula is C24H39NO. The van der Waals surface area contributed by atoms with Crippen molar-refractivity contribution in [3.8, 4) is 0 Å². The van der Waals surface area contributed by atoms with E-state index in [0.717, 1.165) is 30.6 Å². The van der Waals surface area contributed by atoms with Gasteiger partial charge in [-0.15, -0.1) is 0 Å². The predicted molar refractivity (Wildman–Crippen MR) is 106 cm³/mol. The lowest BCUT2D eigenvalue weighted by Gasteiger charge is -2.61. The number of fused-ring (bicyclic) bond motifs is 2. The predicted octanol–water partition coefficient (Wildman–Crippen LogP) is 5.31. The molecule has 0 N–H and O–H groups in total. The Morgan fingerprint density at radius 2 is 1.73 bits per heavy atom. The van der Waals surface area contributed by atoms with Crippen LogP contribution in [0.3, 0.4) is 0 Å². The van der Waals surface area contributed by atoms with Gasteiger partial charge in [-0.05, 0) is 112 Å². The van der Waals surface area contributed by atoms with Crippen LogP contribution in [0.4, 0.5) is 0 Å². The standard InChI is InChI=1S/C24H39NO/c1-16(25(4)5)19-9-10-22(3)20-7-6-17-14-18(26)8-11-23(17)15-24(20,23)13-12-21(19,22)2/h16-17,19-20H,6-15H2,1-5H3/t16?,17?,19?,20?,21?,22-,23?,24?/m0/s1. The van der Waals surface area contributed by atoms with Gasteiger partial charge in [-0.1, -0.05) is 13.8 Å². The van der Waals surface area contributed by atoms with Crippen LogP contribution in [0.25, 0.3) is 0 Å². The molecule has 2 heteroatoms. The molecule has 0 aromatic heterocycles. The molecule has 5 fully saturated rings. The van der Waals surface area contributed by atoms with E-state index < -0.39 is 0 Å². The van der Waals surface area contributed by atoms with E-state index in [1.54, 1.807) is 0 Å². The highest BCUT2D eigenvalue weighted by Crippen LogP contribution is 2.87. The number of hydrogen-bond acceptors (Lipinski definition) is 2. The summed E-state index contributed by atoms with van der Waals surface area (Å²) in [5, 5.41) is 0. The summed E-state index contributed by atoms with van der Waals surface area (Å²) in [5.41, 5.74) is 2.24. The molecular weight excluding hydrogens is 318 g/mol. The number of ketones is 1. The third-order valence-corrected chi connectivity index (χ3v) is 11.4. The third-order valence-electron chi connectivity index (χ3n) is 11.4. The maximum Gasteiger partial charge on any atom is 0.133 e. The Kier molecular flexibility index (Phi) is 3.51. The summed E-state index contributed by atoms with van der Waals surface area (Å²) in [4.78, 5) is 14.6. The maximum absolute atomic E-state index is 12.1. The zero-order valence-corrected chi connectivity index (χ0v) is 17.7. The van der Waals surface area contributed by atoms with E-state index in [2.05, 4.69) is 39.8 Å². The number of carbonyl (C=O) groups is 1. The zero-order valence-electron chi connectivity index (χ0n) is 17.7. The van der Waals surface area contributed by atoms with Gasteiger partial charge in [-0.3, -0.25) is 4.79 Å². The average molecular weight is 358 g/mol. The monoisotopic (exact) mass is 357 g/mol. The first kappa shape index (κ1) is 17.7. The lowest BCUT2D eigenvalue weighted by molar-refractivity contribution is -0.139. The molecule has 5 aliphatic carbocycles. The first-order chi connectivity index (χ1) is 12.2. The van der Waals surface area contributed by atoms with Gasteiger partial charge in [0.1, 0.15) is 5.78 Å². The van der Waals surface area contributed by atoms with Gasteiger partial charge >= 0.3 is 0 Å². The van der Waals surface area contributed by atoms with Crippen molar-refractivity contribution in [1.29, 1.82) is 0 Å². The van der Waals surface area contributed by atoms with Gasteiger partial charge in [-0.25, -0.2) is 0 Å². The second kappa shape index (κ2) is 5.16. The molecule has 0 aromatic carbocycles. The Bertz CT molecular complexity index is 642. The van der Waals surface area contributed by atoms with Crippen LogP contribution in [-0.4, -0.2) is 30.8 Å². The zero-order chi connectivity index (χ0) is 18.5. The van der Waals surface area contributed by atoms with Crippen molar-refractivity contribution < 1.29 is 4.79 Å². The van der Waals surface area contributed by atoms with Crippen molar-refractivity contribution in [3.05, 3.63) is 0 Å². The fourth-order valence-corrected chi connectivity index (χ4v) is 9.62. The average Bonchev–Trinajstić information content (AvgIpc) is 3.18. The van der Waals surface area contributed by atoms with Gasteiger partial charge in [0.2, 0.25) is 0 Å². The Morgan fingerprint density at radius 3 is 2.46 bits per heavy atom. The van der Waals surface area contributed by atoms with Gasteiger partial charge < -0.3 is 4.90 Å². The smallest absolute Gasteiger partial charge is 0.133 e. The van der Waals surface area contributed by atoms with E-state index in [1.807, 2.05) is 0 Å². The van der Waals surface area contributed by atoms with Gasteiger partial charge in [0.05, 0.1) is 0 Å². The first-order valence-electron chi connectivity index (χ1n) is 11.4. The molecule has 0 bridgehead atoms. The Hall–Kier alpha value is -0.370. The van der Waals surface area contributed by atoms with Gasteiger partial charge in [0.25, 0.3) is 0 Å². The molecule has 0 aromatic rings. The summed E-state index contributed by atoms with van der Waals surface area (Å²) in [5.74, 6) is 3.08. The van der Waals surface area contributed by atoms with Crippen LogP contribution in [0.2, 0.25) is 0 Å². The number of rotatable bonds is 2. The van der Waals surface area contributed by atoms with Crippen LogP contribution in [-0.2, 0) is 4.79 Å². The van der Waals surface area contributed by atoms with Crippen LogP contribution < -0.4 is 0 Å². The topological polar surface area (TPSA) is 20.3 Å². The van der Waals surface area contributed by atoms with E-state index in [9.17, 15) is 4.79 Å². The minimum absolute atomic E-state index is 0.508. The van der Waals surface area contributed by atoms with Crippen molar-refractivity contribution in [3.63, 3.8) is 0 Å². The fourth-order valence-electron chi connectivity index (χ4n) is 9.62. The normalized spacial score (nSPS) is 56.4. The van der Waals surface area contributed by atoms with E-state index in [0.29, 0.717) is 33.5 Å². The molecule has 5 aliphatic rings. The van der Waals surface area contributed by atoms with Crippen LogP contribution >= 0.6 is 0 Å². The van der Waals surface area contributed by atoms with Crippen molar-refractivity contribution in [2.45, 2.75) is 91.0 Å². The van der Waals surface area contributed by atoms with Crippen LogP contribution in [0.5, 0.6) is 0 Å². The van der Waals surface area contributed by atoms with Crippen molar-refractivity contribution in [2.24, 2.45) is 39.4 Å². The Labute approximate surface area is 160 Å². The van der Waals surface area contributed by atoms with E-state index in [-0.39, 0.29) is 0 Å². The molecule has 7 unspecified atom stereocenters. The van der Waals surface area contributed by atoms with Crippen LogP contribution in [0, 0.1) is 39.4 Å². The summed E-state index contributed by atoms with van der Waals surface area (Å²) in [6, 6.07) is 0.688. The number of hydrogen-bond donors (Lipinski definition) is 0. The van der Waals surface area contributed by atoms with E-state index >= 15 is 0 Å². The molecule has 0 amide bonds. The minimum Gasteiger partial charge on any atom is -0.306 e. The maximum atomic E-state index is 12.1. The SMILES string of the molecule is CC(C1CC[C@@]2(C)C3CCC4CC(=O)CCC45CC35CCC12C)N(C)C. The molecule has 0 saturated heterocycles. The molecule has 8 atom stereocenters. The van der Waals surface area contributed by atoms with E-state index in [1.165, 1.54) is 51.4 Å². The molecule has 0 radical (unpaired) electrons. The fraction of sp³-hybridized carbons (Fsp3) is 0.958. The number of nitrogens with zero attached hydrogens (tertiary/aromatic N) is 1. The Balaban J connectivity index is 1.49. The molecule has 146 valence electrons.